The summed E-state index contributed by atoms with van der Waals surface area (Å²) in [7, 11) is 0. The zero-order valence-electron chi connectivity index (χ0n) is 11.5. The Kier molecular flexibility index (Phi) is 3.97. The van der Waals surface area contributed by atoms with Crippen LogP contribution in [0.3, 0.4) is 0 Å². The minimum atomic E-state index is 0.831. The second-order valence-corrected chi connectivity index (χ2v) is 5.84. The van der Waals surface area contributed by atoms with Gasteiger partial charge in [0.15, 0.2) is 0 Å². The molecule has 0 spiro atoms. The summed E-state index contributed by atoms with van der Waals surface area (Å²) >= 11 is 3.42. The first-order chi connectivity index (χ1) is 9.75. The zero-order chi connectivity index (χ0) is 13.9. The molecule has 0 atom stereocenters. The van der Waals surface area contributed by atoms with Crippen LogP contribution in [0, 0.1) is 6.92 Å². The van der Waals surface area contributed by atoms with Gasteiger partial charge < -0.3 is 9.47 Å². The van der Waals surface area contributed by atoms with Gasteiger partial charge in [-0.1, -0.05) is 30.3 Å². The second-order valence-electron chi connectivity index (χ2n) is 4.99. The highest BCUT2D eigenvalue weighted by molar-refractivity contribution is 9.10. The molecule has 2 aliphatic heterocycles. The summed E-state index contributed by atoms with van der Waals surface area (Å²) in [4.78, 5) is 0. The molecular formula is C17H17BrO2. The Bertz CT molecular complexity index is 567. The number of hydrogen-bond donors (Lipinski definition) is 0. The lowest BCUT2D eigenvalue weighted by molar-refractivity contribution is 0.354. The molecule has 0 radical (unpaired) electrons. The fourth-order valence-electron chi connectivity index (χ4n) is 2.55. The average molecular weight is 333 g/mol. The van der Waals surface area contributed by atoms with Gasteiger partial charge >= 0.3 is 0 Å². The van der Waals surface area contributed by atoms with E-state index in [4.69, 9.17) is 9.47 Å². The molecule has 0 unspecified atom stereocenters. The summed E-state index contributed by atoms with van der Waals surface area (Å²) in [6.45, 7) is 3.78. The summed E-state index contributed by atoms with van der Waals surface area (Å²) in [5, 5.41) is 0. The Morgan fingerprint density at radius 2 is 1.45 bits per heavy atom. The summed E-state index contributed by atoms with van der Waals surface area (Å²) in [5.74, 6) is 2.14. The van der Waals surface area contributed by atoms with Crippen LogP contribution in [0.1, 0.15) is 16.7 Å². The van der Waals surface area contributed by atoms with Crippen LogP contribution in [-0.4, -0.2) is 13.2 Å². The van der Waals surface area contributed by atoms with Gasteiger partial charge in [0.1, 0.15) is 11.5 Å². The van der Waals surface area contributed by atoms with Gasteiger partial charge in [-0.2, -0.15) is 0 Å². The van der Waals surface area contributed by atoms with E-state index < -0.39 is 0 Å². The third-order valence-corrected chi connectivity index (χ3v) is 4.20. The number of para-hydroxylation sites is 2. The van der Waals surface area contributed by atoms with Crippen molar-refractivity contribution >= 4 is 15.9 Å². The van der Waals surface area contributed by atoms with Gasteiger partial charge in [-0.3, -0.25) is 0 Å². The van der Waals surface area contributed by atoms with Crippen LogP contribution >= 0.6 is 15.9 Å². The monoisotopic (exact) mass is 332 g/mol. The molecule has 2 aromatic rings. The molecule has 2 aromatic carbocycles. The average Bonchev–Trinajstić information content (AvgIpc) is 3.08. The maximum Gasteiger partial charge on any atom is 0.136 e. The third kappa shape index (κ3) is 2.68. The van der Waals surface area contributed by atoms with Crippen LogP contribution in [0.5, 0.6) is 11.5 Å². The number of hydrogen-bond acceptors (Lipinski definition) is 2. The fraction of sp³-hybridized carbons (Fsp3) is 0.294. The summed E-state index contributed by atoms with van der Waals surface area (Å²) in [6, 6.07) is 12.5. The van der Waals surface area contributed by atoms with Crippen molar-refractivity contribution in [3.8, 4) is 11.5 Å². The van der Waals surface area contributed by atoms with Crippen molar-refractivity contribution in [1.82, 2.24) is 0 Å². The highest BCUT2D eigenvalue weighted by Crippen LogP contribution is 2.32. The minimum Gasteiger partial charge on any atom is -0.493 e. The lowest BCUT2D eigenvalue weighted by Gasteiger charge is -2.00. The number of benzene rings is 2. The van der Waals surface area contributed by atoms with E-state index in [2.05, 4.69) is 47.1 Å². The van der Waals surface area contributed by atoms with Crippen LogP contribution in [0.15, 0.2) is 40.9 Å². The molecule has 0 saturated heterocycles. The van der Waals surface area contributed by atoms with E-state index in [1.54, 1.807) is 0 Å². The Morgan fingerprint density at radius 1 is 0.850 bits per heavy atom. The van der Waals surface area contributed by atoms with Gasteiger partial charge in [-0.05, 0) is 45.6 Å². The first-order valence-electron chi connectivity index (χ1n) is 6.87. The molecule has 20 heavy (non-hydrogen) atoms. The molecule has 0 amide bonds. The van der Waals surface area contributed by atoms with Gasteiger partial charge in [0.2, 0.25) is 0 Å². The Morgan fingerprint density at radius 3 is 2.10 bits per heavy atom. The summed E-state index contributed by atoms with van der Waals surface area (Å²) in [5.41, 5.74) is 3.93. The van der Waals surface area contributed by atoms with Gasteiger partial charge in [-0.25, -0.2) is 0 Å². The molecule has 2 aliphatic rings. The van der Waals surface area contributed by atoms with Crippen molar-refractivity contribution in [2.24, 2.45) is 0 Å². The molecule has 0 fully saturated rings. The molecule has 3 heteroatoms. The third-order valence-electron chi connectivity index (χ3n) is 3.58. The molecule has 2 nitrogen and oxygen atoms in total. The molecule has 0 N–H and O–H groups in total. The number of halogens is 1. The molecule has 2 heterocycles. The highest BCUT2D eigenvalue weighted by atomic mass is 79.9. The highest BCUT2D eigenvalue weighted by Gasteiger charge is 2.13. The van der Waals surface area contributed by atoms with Crippen LogP contribution in [0.2, 0.25) is 0 Å². The molecule has 0 saturated carbocycles. The lowest BCUT2D eigenvalue weighted by Crippen LogP contribution is -1.87. The van der Waals surface area contributed by atoms with E-state index >= 15 is 0 Å². The number of ether oxygens (including phenoxy) is 2. The van der Waals surface area contributed by atoms with Crippen molar-refractivity contribution in [2.75, 3.05) is 13.2 Å². The van der Waals surface area contributed by atoms with Gasteiger partial charge in [0.25, 0.3) is 0 Å². The fourth-order valence-corrected chi connectivity index (χ4v) is 3.08. The van der Waals surface area contributed by atoms with Gasteiger partial charge in [0.05, 0.1) is 17.7 Å². The number of rotatable bonds is 0. The first-order valence-corrected chi connectivity index (χ1v) is 7.66. The van der Waals surface area contributed by atoms with Gasteiger partial charge in [-0.15, -0.1) is 0 Å². The van der Waals surface area contributed by atoms with Crippen LogP contribution in [-0.2, 0) is 12.8 Å². The number of fused-ring (bicyclic) bond motifs is 2. The zero-order valence-corrected chi connectivity index (χ0v) is 13.1. The smallest absolute Gasteiger partial charge is 0.136 e. The molecule has 0 bridgehead atoms. The van der Waals surface area contributed by atoms with E-state index in [0.717, 1.165) is 42.0 Å². The van der Waals surface area contributed by atoms with Crippen molar-refractivity contribution < 1.29 is 9.47 Å². The normalized spacial score (nSPS) is 14.5. The Hall–Kier alpha value is -1.48. The molecule has 0 aliphatic carbocycles. The quantitative estimate of drug-likeness (QED) is 0.715. The van der Waals surface area contributed by atoms with Crippen LogP contribution < -0.4 is 9.47 Å². The predicted molar refractivity (Wildman–Crippen MR) is 83.7 cm³/mol. The Labute approximate surface area is 127 Å². The van der Waals surface area contributed by atoms with Crippen LogP contribution in [0.4, 0.5) is 0 Å². The standard InChI is InChI=1S/C9H10O.C8H7BrO/c1-7-3-2-4-8-5-6-10-9(7)8;9-7-3-1-2-6-4-5-10-8(6)7/h2-4H,5-6H2,1H3;1-3H,4-5H2. The van der Waals surface area contributed by atoms with Crippen molar-refractivity contribution in [2.45, 2.75) is 19.8 Å². The topological polar surface area (TPSA) is 18.5 Å². The van der Waals surface area contributed by atoms with E-state index in [1.807, 2.05) is 12.1 Å². The molecule has 0 aromatic heterocycles. The molecule has 4 rings (SSSR count). The van der Waals surface area contributed by atoms with Crippen molar-refractivity contribution in [1.29, 1.82) is 0 Å². The van der Waals surface area contributed by atoms with Crippen molar-refractivity contribution in [3.63, 3.8) is 0 Å². The molecular weight excluding hydrogens is 316 g/mol. The largest absolute Gasteiger partial charge is 0.493 e. The van der Waals surface area contributed by atoms with E-state index in [0.29, 0.717) is 0 Å². The van der Waals surface area contributed by atoms with E-state index in [9.17, 15) is 0 Å². The Balaban J connectivity index is 0.000000121. The SMILES string of the molecule is Brc1cccc2c1OCC2.Cc1cccc2c1OCC2. The maximum atomic E-state index is 5.43. The van der Waals surface area contributed by atoms with E-state index in [1.165, 1.54) is 16.7 Å². The summed E-state index contributed by atoms with van der Waals surface area (Å²) < 4.78 is 11.9. The molecule has 104 valence electrons. The van der Waals surface area contributed by atoms with Crippen molar-refractivity contribution in [3.05, 3.63) is 57.6 Å². The van der Waals surface area contributed by atoms with E-state index in [-0.39, 0.29) is 0 Å². The minimum absolute atomic E-state index is 0.831. The number of aryl methyl sites for hydroxylation is 1. The first kappa shape index (κ1) is 13.5. The van der Waals surface area contributed by atoms with Crippen LogP contribution in [0.25, 0.3) is 0 Å². The lowest BCUT2D eigenvalue weighted by atomic mass is 10.1. The van der Waals surface area contributed by atoms with Gasteiger partial charge in [0, 0.05) is 12.8 Å². The predicted octanol–water partition coefficient (Wildman–Crippen LogP) is 4.31. The summed E-state index contributed by atoms with van der Waals surface area (Å²) in [6.07, 6.45) is 2.13. The maximum absolute atomic E-state index is 5.43. The second kappa shape index (κ2) is 5.88.